The van der Waals surface area contributed by atoms with E-state index in [9.17, 15) is 8.42 Å². The highest BCUT2D eigenvalue weighted by Gasteiger charge is 2.40. The quantitative estimate of drug-likeness (QED) is 0.619. The van der Waals surface area contributed by atoms with Crippen LogP contribution in [0.15, 0.2) is 23.3 Å². The molecule has 0 amide bonds. The summed E-state index contributed by atoms with van der Waals surface area (Å²) in [5.41, 5.74) is 1.05. The predicted octanol–water partition coefficient (Wildman–Crippen LogP) is 1.66. The summed E-state index contributed by atoms with van der Waals surface area (Å²) in [6.45, 7) is 9.97. The molecule has 2 fully saturated rings. The largest absolute Gasteiger partial charge is 0.357 e. The molecule has 3 rings (SSSR count). The molecule has 0 spiro atoms. The van der Waals surface area contributed by atoms with Crippen molar-refractivity contribution in [2.75, 3.05) is 43.4 Å². The van der Waals surface area contributed by atoms with Gasteiger partial charge in [-0.05, 0) is 45.2 Å². The summed E-state index contributed by atoms with van der Waals surface area (Å²) in [6, 6.07) is 4.15. The zero-order valence-electron chi connectivity index (χ0n) is 16.6. The fraction of sp³-hybridized carbons (Fsp3) is 0.684. The van der Waals surface area contributed by atoms with Gasteiger partial charge < -0.3 is 15.1 Å². The predicted molar refractivity (Wildman–Crippen MR) is 110 cm³/mol. The van der Waals surface area contributed by atoms with E-state index in [1.807, 2.05) is 13.1 Å². The minimum atomic E-state index is -3.06. The van der Waals surface area contributed by atoms with E-state index in [0.717, 1.165) is 37.0 Å². The Morgan fingerprint density at radius 1 is 1.26 bits per heavy atom. The SMILES string of the molecule is CCNC(=NCc1ccc(N2CCCC2)nc1)N1CCS(=O)(=O)C(C)(C)C1. The summed E-state index contributed by atoms with van der Waals surface area (Å²) >= 11 is 0. The molecular formula is C19H31N5O2S. The minimum Gasteiger partial charge on any atom is -0.357 e. The number of aliphatic imine (C=N–C) groups is 1. The fourth-order valence-electron chi connectivity index (χ4n) is 3.56. The third-order valence-corrected chi connectivity index (χ3v) is 7.86. The van der Waals surface area contributed by atoms with Crippen molar-refractivity contribution in [3.8, 4) is 0 Å². The van der Waals surface area contributed by atoms with Crippen LogP contribution >= 0.6 is 0 Å². The molecule has 1 aromatic rings. The highest BCUT2D eigenvalue weighted by Crippen LogP contribution is 2.24. The molecular weight excluding hydrogens is 362 g/mol. The lowest BCUT2D eigenvalue weighted by atomic mass is 10.2. The number of guanidine groups is 1. The van der Waals surface area contributed by atoms with Gasteiger partial charge in [0, 0.05) is 38.9 Å². The molecule has 0 aliphatic carbocycles. The second-order valence-electron chi connectivity index (χ2n) is 7.89. The Kier molecular flexibility index (Phi) is 5.93. The van der Waals surface area contributed by atoms with Crippen molar-refractivity contribution in [1.82, 2.24) is 15.2 Å². The van der Waals surface area contributed by atoms with Crippen molar-refractivity contribution in [3.05, 3.63) is 23.9 Å². The van der Waals surface area contributed by atoms with E-state index in [1.54, 1.807) is 13.8 Å². The third-order valence-electron chi connectivity index (χ3n) is 5.33. The van der Waals surface area contributed by atoms with E-state index >= 15 is 0 Å². The number of sulfone groups is 1. The molecule has 2 aliphatic rings. The Morgan fingerprint density at radius 3 is 2.59 bits per heavy atom. The average Bonchev–Trinajstić information content (AvgIpc) is 3.16. The minimum absolute atomic E-state index is 0.163. The van der Waals surface area contributed by atoms with Crippen LogP contribution in [0.5, 0.6) is 0 Å². The summed E-state index contributed by atoms with van der Waals surface area (Å²) in [5, 5.41) is 3.30. The number of nitrogens with one attached hydrogen (secondary N) is 1. The number of pyridine rings is 1. The number of anilines is 1. The molecule has 0 aromatic carbocycles. The van der Waals surface area contributed by atoms with E-state index in [4.69, 9.17) is 4.99 Å². The van der Waals surface area contributed by atoms with E-state index in [-0.39, 0.29) is 5.75 Å². The van der Waals surface area contributed by atoms with Crippen LogP contribution in [0.25, 0.3) is 0 Å². The van der Waals surface area contributed by atoms with Gasteiger partial charge in [0.25, 0.3) is 0 Å². The first-order valence-corrected chi connectivity index (χ1v) is 11.4. The summed E-state index contributed by atoms with van der Waals surface area (Å²) in [7, 11) is -3.06. The van der Waals surface area contributed by atoms with Crippen molar-refractivity contribution in [2.24, 2.45) is 4.99 Å². The van der Waals surface area contributed by atoms with E-state index in [0.29, 0.717) is 19.6 Å². The maximum absolute atomic E-state index is 12.3. The van der Waals surface area contributed by atoms with Crippen molar-refractivity contribution < 1.29 is 8.42 Å². The molecule has 0 bridgehead atoms. The normalized spacial score (nSPS) is 22.1. The second kappa shape index (κ2) is 8.04. The fourth-order valence-corrected chi connectivity index (χ4v) is 4.93. The van der Waals surface area contributed by atoms with Crippen molar-refractivity contribution in [2.45, 2.75) is 44.9 Å². The average molecular weight is 394 g/mol. The molecule has 0 radical (unpaired) electrons. The Morgan fingerprint density at radius 2 is 2.00 bits per heavy atom. The summed E-state index contributed by atoms with van der Waals surface area (Å²) < 4.78 is 23.7. The van der Waals surface area contributed by atoms with Gasteiger partial charge >= 0.3 is 0 Å². The lowest BCUT2D eigenvalue weighted by Crippen LogP contribution is -2.57. The topological polar surface area (TPSA) is 77.9 Å². The highest BCUT2D eigenvalue weighted by atomic mass is 32.2. The number of hydrogen-bond acceptors (Lipinski definition) is 5. The van der Waals surface area contributed by atoms with Gasteiger partial charge in [-0.3, -0.25) is 0 Å². The standard InChI is InChI=1S/C19H31N5O2S/c1-4-20-18(24-11-12-27(25,26)19(2,3)15-24)22-14-16-7-8-17(21-13-16)23-9-5-6-10-23/h7-8,13H,4-6,9-12,14-15H2,1-3H3,(H,20,22). The monoisotopic (exact) mass is 393 g/mol. The number of nitrogens with zero attached hydrogens (tertiary/aromatic N) is 4. The smallest absolute Gasteiger partial charge is 0.194 e. The van der Waals surface area contributed by atoms with Crippen LogP contribution in [0.1, 0.15) is 39.2 Å². The Hall–Kier alpha value is -1.83. The van der Waals surface area contributed by atoms with Gasteiger partial charge in [-0.15, -0.1) is 0 Å². The third kappa shape index (κ3) is 4.54. The summed E-state index contributed by atoms with van der Waals surface area (Å²) in [6.07, 6.45) is 4.37. The van der Waals surface area contributed by atoms with Crippen LogP contribution in [-0.2, 0) is 16.4 Å². The van der Waals surface area contributed by atoms with Crippen LogP contribution in [0.4, 0.5) is 5.82 Å². The number of aromatic nitrogens is 1. The van der Waals surface area contributed by atoms with Crippen molar-refractivity contribution >= 4 is 21.6 Å². The number of hydrogen-bond donors (Lipinski definition) is 1. The molecule has 150 valence electrons. The zero-order valence-corrected chi connectivity index (χ0v) is 17.4. The van der Waals surface area contributed by atoms with Gasteiger partial charge in [0.2, 0.25) is 0 Å². The Labute approximate surface area is 162 Å². The van der Waals surface area contributed by atoms with Crippen LogP contribution in [0.2, 0.25) is 0 Å². The van der Waals surface area contributed by atoms with Gasteiger partial charge in [0.05, 0.1) is 17.0 Å². The van der Waals surface area contributed by atoms with Gasteiger partial charge in [-0.2, -0.15) is 0 Å². The molecule has 1 N–H and O–H groups in total. The van der Waals surface area contributed by atoms with Gasteiger partial charge in [-0.1, -0.05) is 6.07 Å². The van der Waals surface area contributed by atoms with Crippen LogP contribution in [-0.4, -0.2) is 67.5 Å². The summed E-state index contributed by atoms with van der Waals surface area (Å²) in [4.78, 5) is 13.7. The first kappa shape index (κ1) is 19.9. The van der Waals surface area contributed by atoms with Crippen LogP contribution < -0.4 is 10.2 Å². The Balaban J connectivity index is 1.68. The van der Waals surface area contributed by atoms with E-state index < -0.39 is 14.6 Å². The molecule has 1 aromatic heterocycles. The molecule has 27 heavy (non-hydrogen) atoms. The molecule has 7 nitrogen and oxygen atoms in total. The number of rotatable bonds is 4. The lowest BCUT2D eigenvalue weighted by Gasteiger charge is -2.39. The van der Waals surface area contributed by atoms with Gasteiger partial charge in [-0.25, -0.2) is 18.4 Å². The highest BCUT2D eigenvalue weighted by molar-refractivity contribution is 7.92. The molecule has 0 atom stereocenters. The second-order valence-corrected chi connectivity index (χ2v) is 10.6. The van der Waals surface area contributed by atoms with Crippen LogP contribution in [0.3, 0.4) is 0 Å². The molecule has 0 saturated carbocycles. The van der Waals surface area contributed by atoms with Gasteiger partial charge in [0.1, 0.15) is 5.82 Å². The molecule has 0 unspecified atom stereocenters. The molecule has 2 aliphatic heterocycles. The van der Waals surface area contributed by atoms with Crippen molar-refractivity contribution in [3.63, 3.8) is 0 Å². The van der Waals surface area contributed by atoms with Crippen LogP contribution in [0, 0.1) is 0 Å². The maximum Gasteiger partial charge on any atom is 0.194 e. The molecule has 3 heterocycles. The first-order chi connectivity index (χ1) is 12.8. The molecule has 2 saturated heterocycles. The lowest BCUT2D eigenvalue weighted by molar-refractivity contribution is 0.353. The van der Waals surface area contributed by atoms with Crippen molar-refractivity contribution in [1.29, 1.82) is 0 Å². The maximum atomic E-state index is 12.3. The molecule has 8 heteroatoms. The summed E-state index contributed by atoms with van der Waals surface area (Å²) in [5.74, 6) is 1.97. The Bertz CT molecular complexity index is 768. The first-order valence-electron chi connectivity index (χ1n) is 9.78. The van der Waals surface area contributed by atoms with Gasteiger partial charge in [0.15, 0.2) is 15.8 Å². The zero-order chi connectivity index (χ0) is 19.5. The van der Waals surface area contributed by atoms with E-state index in [2.05, 4.69) is 32.2 Å². The van der Waals surface area contributed by atoms with E-state index in [1.165, 1.54) is 12.8 Å².